The first-order valence-electron chi connectivity index (χ1n) is 16.5. The van der Waals surface area contributed by atoms with Gasteiger partial charge in [-0.25, -0.2) is 0 Å². The molecule has 46 heavy (non-hydrogen) atoms. The molecule has 0 amide bonds. The van der Waals surface area contributed by atoms with Crippen molar-refractivity contribution < 1.29 is 0 Å². The van der Waals surface area contributed by atoms with Crippen LogP contribution in [0.1, 0.15) is 41.7 Å². The molecule has 0 unspecified atom stereocenters. The number of anilines is 2. The largest absolute Gasteiger partial charge is 0.344 e. The Balaban J connectivity index is 1.31. The van der Waals surface area contributed by atoms with Gasteiger partial charge in [0.2, 0.25) is 0 Å². The molecule has 1 heteroatoms. The van der Waals surface area contributed by atoms with Crippen LogP contribution in [0.4, 0.5) is 11.4 Å². The second kappa shape index (κ2) is 9.93. The molecular weight excluding hydrogens is 555 g/mol. The van der Waals surface area contributed by atoms with Gasteiger partial charge in [-0.3, -0.25) is 0 Å². The van der Waals surface area contributed by atoms with E-state index in [2.05, 4.69) is 160 Å². The van der Waals surface area contributed by atoms with Gasteiger partial charge >= 0.3 is 0 Å². The lowest BCUT2D eigenvalue weighted by Gasteiger charge is -2.24. The average Bonchev–Trinajstić information content (AvgIpc) is 3.21. The van der Waals surface area contributed by atoms with Crippen molar-refractivity contribution in [3.05, 3.63) is 155 Å². The summed E-state index contributed by atoms with van der Waals surface area (Å²) in [5.74, 6) is 0. The Hall–Kier alpha value is -5.14. The van der Waals surface area contributed by atoms with E-state index in [-0.39, 0.29) is 5.41 Å². The van der Waals surface area contributed by atoms with E-state index in [0.717, 1.165) is 12.8 Å². The topological polar surface area (TPSA) is 3.24 Å². The molecule has 0 atom stereocenters. The molecule has 2 aliphatic rings. The van der Waals surface area contributed by atoms with Gasteiger partial charge in [0.15, 0.2) is 0 Å². The fourth-order valence-electron chi connectivity index (χ4n) is 8.48. The van der Waals surface area contributed by atoms with Crippen LogP contribution in [0.25, 0.3) is 54.9 Å². The van der Waals surface area contributed by atoms with Crippen molar-refractivity contribution in [2.75, 3.05) is 11.9 Å². The minimum Gasteiger partial charge on any atom is -0.344 e. The quantitative estimate of drug-likeness (QED) is 0.181. The molecule has 7 aromatic carbocycles. The molecular formula is C45H37N. The molecule has 222 valence electrons. The van der Waals surface area contributed by atoms with E-state index in [1.54, 1.807) is 0 Å². The molecule has 0 fully saturated rings. The van der Waals surface area contributed by atoms with Gasteiger partial charge in [-0.15, -0.1) is 0 Å². The lowest BCUT2D eigenvalue weighted by molar-refractivity contribution is 0.660. The normalized spacial score (nSPS) is 14.5. The molecule has 1 nitrogen and oxygen atoms in total. The smallest absolute Gasteiger partial charge is 0.0447 e. The van der Waals surface area contributed by atoms with E-state index in [1.165, 1.54) is 94.1 Å². The maximum atomic E-state index is 2.46. The predicted molar refractivity (Wildman–Crippen MR) is 197 cm³/mol. The molecule has 0 spiro atoms. The fourth-order valence-corrected chi connectivity index (χ4v) is 8.48. The maximum absolute atomic E-state index is 2.46. The molecule has 1 aliphatic heterocycles. The van der Waals surface area contributed by atoms with E-state index in [9.17, 15) is 0 Å². The van der Waals surface area contributed by atoms with Crippen molar-refractivity contribution >= 4 is 32.9 Å². The SMILES string of the molecule is Cc1ccc2c(-c3ccc4c(c3)N(C)c3ccccc3CC4)c3ccccc3c(-c3ccc4c(c3)-c3ccccc3C4(C)C)c2c1. The van der Waals surface area contributed by atoms with Crippen molar-refractivity contribution in [2.45, 2.75) is 39.0 Å². The summed E-state index contributed by atoms with van der Waals surface area (Å²) in [5.41, 5.74) is 17.4. The Morgan fingerprint density at radius 3 is 1.93 bits per heavy atom. The number of fused-ring (bicyclic) bond motifs is 7. The van der Waals surface area contributed by atoms with Gasteiger partial charge in [0.1, 0.15) is 0 Å². The Bertz CT molecular complexity index is 2370. The van der Waals surface area contributed by atoms with Gasteiger partial charge < -0.3 is 4.90 Å². The van der Waals surface area contributed by atoms with Gasteiger partial charge in [-0.2, -0.15) is 0 Å². The zero-order valence-corrected chi connectivity index (χ0v) is 27.0. The van der Waals surface area contributed by atoms with Gasteiger partial charge in [0.05, 0.1) is 0 Å². The molecule has 0 N–H and O–H groups in total. The summed E-state index contributed by atoms with van der Waals surface area (Å²) in [7, 11) is 2.22. The Labute approximate surface area is 271 Å². The molecule has 1 aliphatic carbocycles. The summed E-state index contributed by atoms with van der Waals surface area (Å²) in [5, 5.41) is 5.21. The first-order chi connectivity index (χ1) is 22.4. The van der Waals surface area contributed by atoms with Gasteiger partial charge in [0, 0.05) is 23.8 Å². The zero-order valence-electron chi connectivity index (χ0n) is 27.0. The van der Waals surface area contributed by atoms with Crippen molar-refractivity contribution in [3.63, 3.8) is 0 Å². The minimum atomic E-state index is -0.00591. The highest BCUT2D eigenvalue weighted by Crippen LogP contribution is 2.51. The van der Waals surface area contributed by atoms with Crippen LogP contribution in [0.3, 0.4) is 0 Å². The predicted octanol–water partition coefficient (Wildman–Crippen LogP) is 11.8. The van der Waals surface area contributed by atoms with Gasteiger partial charge in [0.25, 0.3) is 0 Å². The molecule has 0 saturated heterocycles. The Kier molecular flexibility index (Phi) is 5.87. The van der Waals surface area contributed by atoms with Crippen LogP contribution in [0.5, 0.6) is 0 Å². The molecule has 1 heterocycles. The molecule has 7 aromatic rings. The van der Waals surface area contributed by atoms with Crippen LogP contribution < -0.4 is 4.90 Å². The van der Waals surface area contributed by atoms with Crippen LogP contribution >= 0.6 is 0 Å². The number of hydrogen-bond acceptors (Lipinski definition) is 1. The van der Waals surface area contributed by atoms with Crippen molar-refractivity contribution in [3.8, 4) is 33.4 Å². The monoisotopic (exact) mass is 591 g/mol. The Morgan fingerprint density at radius 1 is 0.500 bits per heavy atom. The van der Waals surface area contributed by atoms with E-state index in [0.29, 0.717) is 0 Å². The first kappa shape index (κ1) is 27.2. The van der Waals surface area contributed by atoms with Crippen LogP contribution in [0.15, 0.2) is 127 Å². The summed E-state index contributed by atoms with van der Waals surface area (Å²) >= 11 is 0. The first-order valence-corrected chi connectivity index (χ1v) is 16.5. The highest BCUT2D eigenvalue weighted by Gasteiger charge is 2.35. The van der Waals surface area contributed by atoms with E-state index < -0.39 is 0 Å². The number of para-hydroxylation sites is 1. The summed E-state index contributed by atoms with van der Waals surface area (Å²) in [6, 6.07) is 48.3. The van der Waals surface area contributed by atoms with Crippen LogP contribution in [-0.4, -0.2) is 7.05 Å². The second-order valence-corrected chi connectivity index (χ2v) is 13.8. The number of aryl methyl sites for hydroxylation is 3. The standard InChI is InChI=1S/C45H37N/c1-28-17-23-36-38(25-28)44(31-22-24-40-37(26-31)33-12-8-9-15-39(33)45(40,2)3)35-14-7-6-13-34(35)43(36)32-21-20-30-19-18-29-11-5-10-16-41(29)46(4)42(30)27-32/h5-17,20-27H,18-19H2,1-4H3. The lowest BCUT2D eigenvalue weighted by atomic mass is 9.81. The van der Waals surface area contributed by atoms with Crippen molar-refractivity contribution in [1.82, 2.24) is 0 Å². The fraction of sp³-hybridized carbons (Fsp3) is 0.156. The third-order valence-corrected chi connectivity index (χ3v) is 10.8. The Morgan fingerprint density at radius 2 is 1.11 bits per heavy atom. The zero-order chi connectivity index (χ0) is 31.2. The summed E-state index contributed by atoms with van der Waals surface area (Å²) < 4.78 is 0. The second-order valence-electron chi connectivity index (χ2n) is 13.8. The summed E-state index contributed by atoms with van der Waals surface area (Å²) in [6.45, 7) is 6.93. The molecule has 0 radical (unpaired) electrons. The van der Waals surface area contributed by atoms with E-state index >= 15 is 0 Å². The highest BCUT2D eigenvalue weighted by molar-refractivity contribution is 6.21. The number of nitrogens with zero attached hydrogens (tertiary/aromatic N) is 1. The number of rotatable bonds is 2. The third kappa shape index (κ3) is 3.88. The lowest BCUT2D eigenvalue weighted by Crippen LogP contribution is -2.14. The summed E-state index contributed by atoms with van der Waals surface area (Å²) in [6.07, 6.45) is 2.12. The van der Waals surface area contributed by atoms with Gasteiger partial charge in [-0.1, -0.05) is 129 Å². The summed E-state index contributed by atoms with van der Waals surface area (Å²) in [4.78, 5) is 2.40. The maximum Gasteiger partial charge on any atom is 0.0447 e. The van der Waals surface area contributed by atoms with E-state index in [4.69, 9.17) is 0 Å². The van der Waals surface area contributed by atoms with Crippen molar-refractivity contribution in [2.24, 2.45) is 0 Å². The molecule has 0 bridgehead atoms. The average molecular weight is 592 g/mol. The van der Waals surface area contributed by atoms with Crippen LogP contribution in [0.2, 0.25) is 0 Å². The molecule has 0 aromatic heterocycles. The third-order valence-electron chi connectivity index (χ3n) is 10.8. The van der Waals surface area contributed by atoms with Crippen LogP contribution in [0, 0.1) is 6.92 Å². The highest BCUT2D eigenvalue weighted by atomic mass is 15.1. The molecule has 0 saturated carbocycles. The van der Waals surface area contributed by atoms with Crippen LogP contribution in [-0.2, 0) is 18.3 Å². The van der Waals surface area contributed by atoms with Crippen molar-refractivity contribution in [1.29, 1.82) is 0 Å². The number of benzene rings is 7. The van der Waals surface area contributed by atoms with Gasteiger partial charge in [-0.05, 0) is 115 Å². The number of hydrogen-bond donors (Lipinski definition) is 0. The molecule has 9 rings (SSSR count). The minimum absolute atomic E-state index is 0.00591. The van der Waals surface area contributed by atoms with E-state index in [1.807, 2.05) is 0 Å².